The lowest BCUT2D eigenvalue weighted by atomic mass is 10.1. The zero-order chi connectivity index (χ0) is 18.0. The predicted molar refractivity (Wildman–Crippen MR) is 83.5 cm³/mol. The molecule has 128 valence electrons. The van der Waals surface area contributed by atoms with E-state index in [4.69, 9.17) is 4.42 Å². The van der Waals surface area contributed by atoms with Gasteiger partial charge in [0.25, 0.3) is 5.91 Å². The molecular formula is C18H11F4NO2. The first-order valence-corrected chi connectivity index (χ1v) is 7.17. The summed E-state index contributed by atoms with van der Waals surface area (Å²) in [6.07, 6.45) is -4.47. The van der Waals surface area contributed by atoms with Crippen molar-refractivity contribution in [3.05, 3.63) is 77.8 Å². The summed E-state index contributed by atoms with van der Waals surface area (Å²) in [7, 11) is 0. The second kappa shape index (κ2) is 6.43. The summed E-state index contributed by atoms with van der Waals surface area (Å²) < 4.78 is 56.5. The van der Waals surface area contributed by atoms with Crippen LogP contribution in [0.5, 0.6) is 0 Å². The van der Waals surface area contributed by atoms with Crippen molar-refractivity contribution in [3.8, 4) is 11.3 Å². The van der Waals surface area contributed by atoms with Crippen molar-refractivity contribution in [2.45, 2.75) is 6.18 Å². The lowest BCUT2D eigenvalue weighted by Gasteiger charge is -2.07. The lowest BCUT2D eigenvalue weighted by molar-refractivity contribution is -0.137. The van der Waals surface area contributed by atoms with Gasteiger partial charge in [-0.25, -0.2) is 4.39 Å². The Hall–Kier alpha value is -3.09. The zero-order valence-corrected chi connectivity index (χ0v) is 12.6. The van der Waals surface area contributed by atoms with Crippen LogP contribution in [0.3, 0.4) is 0 Å². The van der Waals surface area contributed by atoms with Gasteiger partial charge in [0.1, 0.15) is 11.6 Å². The SMILES string of the molecule is O=C(Nc1ccc(F)cc1)c1ccc(-c2cccc(C(F)(F)F)c2)o1. The number of nitrogens with one attached hydrogen (secondary N) is 1. The molecule has 0 saturated carbocycles. The zero-order valence-electron chi connectivity index (χ0n) is 12.6. The smallest absolute Gasteiger partial charge is 0.416 e. The first-order chi connectivity index (χ1) is 11.8. The molecule has 0 atom stereocenters. The van der Waals surface area contributed by atoms with Crippen LogP contribution in [-0.4, -0.2) is 5.91 Å². The number of anilines is 1. The van der Waals surface area contributed by atoms with Gasteiger partial charge in [-0.15, -0.1) is 0 Å². The van der Waals surface area contributed by atoms with E-state index in [0.717, 1.165) is 12.1 Å². The van der Waals surface area contributed by atoms with Crippen LogP contribution in [0.25, 0.3) is 11.3 Å². The van der Waals surface area contributed by atoms with Gasteiger partial charge in [0.15, 0.2) is 5.76 Å². The minimum Gasteiger partial charge on any atom is -0.451 e. The van der Waals surface area contributed by atoms with Gasteiger partial charge in [0.2, 0.25) is 0 Å². The molecule has 2 aromatic carbocycles. The fourth-order valence-electron chi connectivity index (χ4n) is 2.19. The highest BCUT2D eigenvalue weighted by Gasteiger charge is 2.30. The average Bonchev–Trinajstić information content (AvgIpc) is 3.06. The van der Waals surface area contributed by atoms with E-state index in [0.29, 0.717) is 5.69 Å². The minimum absolute atomic E-state index is 0.0725. The summed E-state index contributed by atoms with van der Waals surface area (Å²) in [5, 5.41) is 2.51. The Bertz CT molecular complexity index is 898. The summed E-state index contributed by atoms with van der Waals surface area (Å²) in [6.45, 7) is 0. The van der Waals surface area contributed by atoms with Crippen molar-refractivity contribution in [1.82, 2.24) is 0 Å². The lowest BCUT2D eigenvalue weighted by Crippen LogP contribution is -2.10. The molecule has 1 N–H and O–H groups in total. The number of furan rings is 1. The number of hydrogen-bond donors (Lipinski definition) is 1. The molecule has 0 bridgehead atoms. The van der Waals surface area contributed by atoms with Crippen molar-refractivity contribution in [2.24, 2.45) is 0 Å². The topological polar surface area (TPSA) is 42.2 Å². The molecule has 0 aliphatic heterocycles. The van der Waals surface area contributed by atoms with Gasteiger partial charge in [-0.2, -0.15) is 13.2 Å². The van der Waals surface area contributed by atoms with E-state index in [1.54, 1.807) is 0 Å². The number of rotatable bonds is 3. The third kappa shape index (κ3) is 3.88. The second-order valence-corrected chi connectivity index (χ2v) is 5.20. The second-order valence-electron chi connectivity index (χ2n) is 5.20. The molecule has 0 aliphatic carbocycles. The molecule has 0 aliphatic rings. The van der Waals surface area contributed by atoms with E-state index in [9.17, 15) is 22.4 Å². The van der Waals surface area contributed by atoms with Crippen LogP contribution in [0, 0.1) is 5.82 Å². The summed E-state index contributed by atoms with van der Waals surface area (Å²) in [5.41, 5.74) is -0.238. The van der Waals surface area contributed by atoms with Crippen molar-refractivity contribution in [1.29, 1.82) is 0 Å². The molecule has 3 aromatic rings. The monoisotopic (exact) mass is 349 g/mol. The first kappa shape index (κ1) is 16.8. The maximum Gasteiger partial charge on any atom is 0.416 e. The van der Waals surface area contributed by atoms with Gasteiger partial charge in [0, 0.05) is 11.3 Å². The van der Waals surface area contributed by atoms with Crippen LogP contribution >= 0.6 is 0 Å². The fraction of sp³-hybridized carbons (Fsp3) is 0.0556. The van der Waals surface area contributed by atoms with E-state index < -0.39 is 23.5 Å². The molecule has 3 rings (SSSR count). The molecule has 0 spiro atoms. The standard InChI is InChI=1S/C18H11F4NO2/c19-13-4-6-14(7-5-13)23-17(24)16-9-8-15(25-16)11-2-1-3-12(10-11)18(20,21)22/h1-10H,(H,23,24). The average molecular weight is 349 g/mol. The summed E-state index contributed by atoms with van der Waals surface area (Å²) in [5.74, 6) is -0.972. The molecule has 25 heavy (non-hydrogen) atoms. The highest BCUT2D eigenvalue weighted by Crippen LogP contribution is 2.32. The largest absolute Gasteiger partial charge is 0.451 e. The van der Waals surface area contributed by atoms with Crippen LogP contribution in [0.15, 0.2) is 65.1 Å². The van der Waals surface area contributed by atoms with Gasteiger partial charge in [-0.1, -0.05) is 12.1 Å². The number of alkyl halides is 3. The van der Waals surface area contributed by atoms with Crippen molar-refractivity contribution in [3.63, 3.8) is 0 Å². The van der Waals surface area contributed by atoms with E-state index in [1.807, 2.05) is 0 Å². The molecule has 3 nitrogen and oxygen atoms in total. The summed E-state index contributed by atoms with van der Waals surface area (Å²) in [6, 6.07) is 12.5. The Kier molecular flexibility index (Phi) is 4.31. The Morgan fingerprint density at radius 2 is 1.68 bits per heavy atom. The quantitative estimate of drug-likeness (QED) is 0.647. The number of amides is 1. The maximum absolute atomic E-state index is 12.8. The highest BCUT2D eigenvalue weighted by atomic mass is 19.4. The number of carbonyl (C=O) groups excluding carboxylic acids is 1. The molecular weight excluding hydrogens is 338 g/mol. The van der Waals surface area contributed by atoms with E-state index in [2.05, 4.69) is 5.32 Å². The van der Waals surface area contributed by atoms with Crippen LogP contribution < -0.4 is 5.32 Å². The molecule has 1 amide bonds. The molecule has 0 unspecified atom stereocenters. The van der Waals surface area contributed by atoms with Gasteiger partial charge < -0.3 is 9.73 Å². The molecule has 0 radical (unpaired) electrons. The van der Waals surface area contributed by atoms with E-state index in [-0.39, 0.29) is 17.1 Å². The normalized spacial score (nSPS) is 11.4. The third-order valence-corrected chi connectivity index (χ3v) is 3.41. The maximum atomic E-state index is 12.8. The van der Waals surface area contributed by atoms with Gasteiger partial charge in [0.05, 0.1) is 5.56 Å². The van der Waals surface area contributed by atoms with Crippen LogP contribution in [0.1, 0.15) is 16.1 Å². The molecule has 0 fully saturated rings. The van der Waals surface area contributed by atoms with Crippen LogP contribution in [0.4, 0.5) is 23.2 Å². The van der Waals surface area contributed by atoms with Crippen LogP contribution in [0.2, 0.25) is 0 Å². The van der Waals surface area contributed by atoms with Crippen molar-refractivity contribution < 1.29 is 26.8 Å². The first-order valence-electron chi connectivity index (χ1n) is 7.17. The van der Waals surface area contributed by atoms with Gasteiger partial charge in [-0.3, -0.25) is 4.79 Å². The van der Waals surface area contributed by atoms with E-state index >= 15 is 0 Å². The molecule has 7 heteroatoms. The van der Waals surface area contributed by atoms with Crippen molar-refractivity contribution >= 4 is 11.6 Å². The minimum atomic E-state index is -4.47. The molecule has 1 aromatic heterocycles. The number of hydrogen-bond acceptors (Lipinski definition) is 2. The number of halogens is 4. The molecule has 0 saturated heterocycles. The Labute approximate surface area is 139 Å². The van der Waals surface area contributed by atoms with Gasteiger partial charge >= 0.3 is 6.18 Å². The Morgan fingerprint density at radius 1 is 0.960 bits per heavy atom. The molecule has 1 heterocycles. The summed E-state index contributed by atoms with van der Waals surface area (Å²) >= 11 is 0. The predicted octanol–water partition coefficient (Wildman–Crippen LogP) is 5.36. The summed E-state index contributed by atoms with van der Waals surface area (Å²) in [4.78, 5) is 12.1. The number of benzene rings is 2. The highest BCUT2D eigenvalue weighted by molar-refractivity contribution is 6.02. The Balaban J connectivity index is 1.80. The Morgan fingerprint density at radius 3 is 2.36 bits per heavy atom. The van der Waals surface area contributed by atoms with Gasteiger partial charge in [-0.05, 0) is 48.5 Å². The van der Waals surface area contributed by atoms with Crippen molar-refractivity contribution in [2.75, 3.05) is 5.32 Å². The van der Waals surface area contributed by atoms with Crippen LogP contribution in [-0.2, 0) is 6.18 Å². The number of carbonyl (C=O) groups is 1. The fourth-order valence-corrected chi connectivity index (χ4v) is 2.19. The van der Waals surface area contributed by atoms with E-state index in [1.165, 1.54) is 48.5 Å². The third-order valence-electron chi connectivity index (χ3n) is 3.41.